The minimum absolute atomic E-state index is 0.0942. The average molecular weight is 283 g/mol. The van der Waals surface area contributed by atoms with E-state index >= 15 is 0 Å². The Kier molecular flexibility index (Phi) is 4.28. The summed E-state index contributed by atoms with van der Waals surface area (Å²) in [6.45, 7) is 2.25. The molecule has 1 aliphatic rings. The molecule has 1 aromatic rings. The van der Waals surface area contributed by atoms with E-state index in [1.54, 1.807) is 30.3 Å². The van der Waals surface area contributed by atoms with Crippen molar-refractivity contribution in [3.8, 4) is 0 Å². The molecule has 0 heterocycles. The zero-order chi connectivity index (χ0) is 13.9. The van der Waals surface area contributed by atoms with E-state index in [0.717, 1.165) is 12.8 Å². The van der Waals surface area contributed by atoms with Crippen molar-refractivity contribution in [3.63, 3.8) is 0 Å². The molecule has 0 aromatic heterocycles. The van der Waals surface area contributed by atoms with E-state index in [9.17, 15) is 13.5 Å². The van der Waals surface area contributed by atoms with Crippen LogP contribution in [0.25, 0.3) is 0 Å². The Balaban J connectivity index is 1.99. The van der Waals surface area contributed by atoms with Crippen LogP contribution >= 0.6 is 0 Å². The lowest BCUT2D eigenvalue weighted by Crippen LogP contribution is -2.45. The van der Waals surface area contributed by atoms with Gasteiger partial charge in [0.05, 0.1) is 10.5 Å². The Labute approximate surface area is 114 Å². The minimum Gasteiger partial charge on any atom is -0.389 e. The van der Waals surface area contributed by atoms with Crippen molar-refractivity contribution >= 4 is 10.0 Å². The standard InChI is InChI=1S/C14H21NO3S/c1-12-7-9-14(16,10-8-12)11-15-19(17,18)13-5-3-2-4-6-13/h2-6,12,15-16H,7-11H2,1H3. The molecule has 1 fully saturated rings. The maximum absolute atomic E-state index is 12.1. The summed E-state index contributed by atoms with van der Waals surface area (Å²) in [6.07, 6.45) is 3.21. The summed E-state index contributed by atoms with van der Waals surface area (Å²) in [5, 5.41) is 10.4. The summed E-state index contributed by atoms with van der Waals surface area (Å²) >= 11 is 0. The molecule has 0 spiro atoms. The third-order valence-corrected chi connectivity index (χ3v) is 5.27. The first kappa shape index (κ1) is 14.5. The highest BCUT2D eigenvalue weighted by Crippen LogP contribution is 2.31. The number of nitrogens with one attached hydrogen (secondary N) is 1. The molecule has 106 valence electrons. The highest BCUT2D eigenvalue weighted by molar-refractivity contribution is 7.89. The number of aliphatic hydroxyl groups is 1. The van der Waals surface area contributed by atoms with Gasteiger partial charge in [-0.3, -0.25) is 0 Å². The van der Waals surface area contributed by atoms with Crippen LogP contribution in [0.4, 0.5) is 0 Å². The van der Waals surface area contributed by atoms with E-state index in [1.807, 2.05) is 0 Å². The summed E-state index contributed by atoms with van der Waals surface area (Å²) in [7, 11) is -3.52. The lowest BCUT2D eigenvalue weighted by atomic mass is 9.80. The first-order chi connectivity index (χ1) is 8.91. The van der Waals surface area contributed by atoms with Crippen LogP contribution in [-0.2, 0) is 10.0 Å². The van der Waals surface area contributed by atoms with Gasteiger partial charge in [-0.1, -0.05) is 25.1 Å². The number of benzene rings is 1. The van der Waals surface area contributed by atoms with Crippen molar-refractivity contribution in [2.75, 3.05) is 6.54 Å². The van der Waals surface area contributed by atoms with Gasteiger partial charge in [0.2, 0.25) is 10.0 Å². The second kappa shape index (κ2) is 5.61. The van der Waals surface area contributed by atoms with E-state index < -0.39 is 15.6 Å². The minimum atomic E-state index is -3.52. The quantitative estimate of drug-likeness (QED) is 0.887. The lowest BCUT2D eigenvalue weighted by molar-refractivity contribution is -0.00182. The van der Waals surface area contributed by atoms with Crippen LogP contribution in [0.15, 0.2) is 35.2 Å². The van der Waals surface area contributed by atoms with Crippen LogP contribution in [0, 0.1) is 5.92 Å². The SMILES string of the molecule is CC1CCC(O)(CNS(=O)(=O)c2ccccc2)CC1. The Hall–Kier alpha value is -0.910. The molecule has 0 amide bonds. The highest BCUT2D eigenvalue weighted by Gasteiger charge is 2.33. The third-order valence-electron chi connectivity index (χ3n) is 3.85. The molecule has 0 saturated heterocycles. The number of sulfonamides is 1. The average Bonchev–Trinajstić information content (AvgIpc) is 2.42. The fourth-order valence-electron chi connectivity index (χ4n) is 2.39. The van der Waals surface area contributed by atoms with Gasteiger partial charge < -0.3 is 5.11 Å². The van der Waals surface area contributed by atoms with Gasteiger partial charge in [-0.15, -0.1) is 0 Å². The second-order valence-corrected chi connectivity index (χ2v) is 7.31. The first-order valence-corrected chi connectivity index (χ1v) is 8.17. The van der Waals surface area contributed by atoms with Crippen LogP contribution in [0.3, 0.4) is 0 Å². The molecule has 19 heavy (non-hydrogen) atoms. The maximum atomic E-state index is 12.1. The zero-order valence-corrected chi connectivity index (χ0v) is 12.0. The van der Waals surface area contributed by atoms with E-state index in [2.05, 4.69) is 11.6 Å². The van der Waals surface area contributed by atoms with Crippen molar-refractivity contribution in [3.05, 3.63) is 30.3 Å². The lowest BCUT2D eigenvalue weighted by Gasteiger charge is -2.34. The summed E-state index contributed by atoms with van der Waals surface area (Å²) in [4.78, 5) is 0.239. The predicted octanol–water partition coefficient (Wildman–Crippen LogP) is 1.91. The fourth-order valence-corrected chi connectivity index (χ4v) is 3.53. The van der Waals surface area contributed by atoms with Gasteiger partial charge >= 0.3 is 0 Å². The van der Waals surface area contributed by atoms with Gasteiger partial charge in [0.15, 0.2) is 0 Å². The van der Waals surface area contributed by atoms with E-state index in [-0.39, 0.29) is 11.4 Å². The predicted molar refractivity (Wildman–Crippen MR) is 74.2 cm³/mol. The maximum Gasteiger partial charge on any atom is 0.240 e. The number of hydrogen-bond donors (Lipinski definition) is 2. The monoisotopic (exact) mass is 283 g/mol. The molecule has 0 aliphatic heterocycles. The summed E-state index contributed by atoms with van der Waals surface area (Å²) in [5.74, 6) is 0.617. The molecule has 0 atom stereocenters. The van der Waals surface area contributed by atoms with Crippen molar-refractivity contribution in [1.29, 1.82) is 0 Å². The second-order valence-electron chi connectivity index (χ2n) is 5.54. The molecule has 2 rings (SSSR count). The van der Waals surface area contributed by atoms with E-state index in [4.69, 9.17) is 0 Å². The smallest absolute Gasteiger partial charge is 0.240 e. The topological polar surface area (TPSA) is 66.4 Å². The first-order valence-electron chi connectivity index (χ1n) is 6.68. The Bertz CT molecular complexity index is 505. The van der Waals surface area contributed by atoms with Gasteiger partial charge in [0.25, 0.3) is 0 Å². The van der Waals surface area contributed by atoms with Gasteiger partial charge in [-0.25, -0.2) is 13.1 Å². The molecule has 1 aromatic carbocycles. The van der Waals surface area contributed by atoms with Crippen molar-refractivity contribution < 1.29 is 13.5 Å². The Morgan fingerprint density at radius 2 is 1.84 bits per heavy atom. The van der Waals surface area contributed by atoms with Gasteiger partial charge in [0.1, 0.15) is 0 Å². The zero-order valence-electron chi connectivity index (χ0n) is 11.2. The van der Waals surface area contributed by atoms with Gasteiger partial charge in [-0.2, -0.15) is 0 Å². The molecule has 0 radical (unpaired) electrons. The third kappa shape index (κ3) is 3.78. The van der Waals surface area contributed by atoms with Crippen LogP contribution in [0.2, 0.25) is 0 Å². The largest absolute Gasteiger partial charge is 0.389 e. The molecule has 5 heteroatoms. The van der Waals surface area contributed by atoms with Crippen molar-refractivity contribution in [1.82, 2.24) is 4.72 Å². The van der Waals surface area contributed by atoms with Crippen LogP contribution in [-0.4, -0.2) is 25.7 Å². The molecule has 1 saturated carbocycles. The van der Waals surface area contributed by atoms with Gasteiger partial charge in [0, 0.05) is 6.54 Å². The molecular formula is C14H21NO3S. The summed E-state index contributed by atoms with van der Waals surface area (Å²) in [5.41, 5.74) is -0.894. The van der Waals surface area contributed by atoms with Gasteiger partial charge in [-0.05, 0) is 43.7 Å². The fraction of sp³-hybridized carbons (Fsp3) is 0.571. The Morgan fingerprint density at radius 1 is 1.26 bits per heavy atom. The molecule has 4 nitrogen and oxygen atoms in total. The number of rotatable bonds is 4. The van der Waals surface area contributed by atoms with Crippen LogP contribution in [0.1, 0.15) is 32.6 Å². The Morgan fingerprint density at radius 3 is 2.42 bits per heavy atom. The normalized spacial score (nSPS) is 28.2. The number of hydrogen-bond acceptors (Lipinski definition) is 3. The molecule has 2 N–H and O–H groups in total. The highest BCUT2D eigenvalue weighted by atomic mass is 32.2. The summed E-state index contributed by atoms with van der Waals surface area (Å²) < 4.78 is 26.6. The van der Waals surface area contributed by atoms with Crippen molar-refractivity contribution in [2.45, 2.75) is 43.1 Å². The van der Waals surface area contributed by atoms with Crippen LogP contribution in [0.5, 0.6) is 0 Å². The molecule has 0 bridgehead atoms. The van der Waals surface area contributed by atoms with E-state index in [0.29, 0.717) is 18.8 Å². The van der Waals surface area contributed by atoms with Crippen molar-refractivity contribution in [2.24, 2.45) is 5.92 Å². The van der Waals surface area contributed by atoms with E-state index in [1.165, 1.54) is 0 Å². The summed E-state index contributed by atoms with van der Waals surface area (Å²) in [6, 6.07) is 8.25. The van der Waals surface area contributed by atoms with Crippen LogP contribution < -0.4 is 4.72 Å². The molecular weight excluding hydrogens is 262 g/mol. The molecule has 1 aliphatic carbocycles. The molecule has 0 unspecified atom stereocenters.